The predicted molar refractivity (Wildman–Crippen MR) is 45.9 cm³/mol. The Balaban J connectivity index is 3.61. The molecule has 0 aromatic carbocycles. The Morgan fingerprint density at radius 2 is 1.20 bits per heavy atom. The summed E-state index contributed by atoms with van der Waals surface area (Å²) >= 11 is 0. The first-order valence-corrected chi connectivity index (χ1v) is 5.78. The molecule has 114 valence electrons. The van der Waals surface area contributed by atoms with Crippen LogP contribution in [0.4, 0.5) is 35.1 Å². The van der Waals surface area contributed by atoms with E-state index in [-0.39, 0.29) is 12.4 Å². The molecule has 0 bridgehead atoms. The SMILES string of the molecule is O=S(=O)(C(F)(F)F)C(F)(F)c1nccnc1C(F)(F)F. The molecule has 0 saturated carbocycles. The second-order valence-electron chi connectivity index (χ2n) is 3.22. The Morgan fingerprint density at radius 1 is 0.800 bits per heavy atom. The van der Waals surface area contributed by atoms with Gasteiger partial charge < -0.3 is 0 Å². The smallest absolute Gasteiger partial charge is 0.250 e. The standard InChI is InChI=1S/C7H2F8N2O2S/c8-5(9,10)3-4(17-2-1-16-3)6(11,12)20(18,19)7(13,14)15/h1-2H. The Labute approximate surface area is 105 Å². The first-order valence-electron chi connectivity index (χ1n) is 4.30. The van der Waals surface area contributed by atoms with Crippen molar-refractivity contribution in [2.45, 2.75) is 16.9 Å². The largest absolute Gasteiger partial charge is 0.503 e. The Morgan fingerprint density at radius 3 is 1.55 bits per heavy atom. The van der Waals surface area contributed by atoms with Gasteiger partial charge in [-0.25, -0.2) is 18.4 Å². The van der Waals surface area contributed by atoms with Gasteiger partial charge in [-0.1, -0.05) is 0 Å². The van der Waals surface area contributed by atoms with Gasteiger partial charge in [0.25, 0.3) is 0 Å². The number of hydrogen-bond donors (Lipinski definition) is 0. The number of hydrogen-bond acceptors (Lipinski definition) is 4. The molecule has 1 heterocycles. The summed E-state index contributed by atoms with van der Waals surface area (Å²) in [6, 6.07) is 0. The lowest BCUT2D eigenvalue weighted by atomic mass is 10.3. The number of aromatic nitrogens is 2. The Bertz CT molecular complexity index is 606. The van der Waals surface area contributed by atoms with Crippen LogP contribution in [-0.4, -0.2) is 23.9 Å². The summed E-state index contributed by atoms with van der Waals surface area (Å²) in [7, 11) is -7.25. The Kier molecular flexibility index (Phi) is 3.71. The number of rotatable bonds is 2. The highest BCUT2D eigenvalue weighted by Crippen LogP contribution is 2.45. The Hall–Kier alpha value is -1.53. The molecule has 4 nitrogen and oxygen atoms in total. The monoisotopic (exact) mass is 330 g/mol. The molecule has 0 amide bonds. The van der Waals surface area contributed by atoms with Crippen LogP contribution in [0.3, 0.4) is 0 Å². The van der Waals surface area contributed by atoms with Gasteiger partial charge >= 0.3 is 26.8 Å². The molecule has 0 aliphatic carbocycles. The average molecular weight is 330 g/mol. The van der Waals surface area contributed by atoms with E-state index >= 15 is 0 Å². The van der Waals surface area contributed by atoms with Crippen LogP contribution in [0.5, 0.6) is 0 Å². The third-order valence-corrected chi connectivity index (χ3v) is 3.36. The first-order chi connectivity index (χ1) is 8.73. The lowest BCUT2D eigenvalue weighted by Gasteiger charge is -2.20. The van der Waals surface area contributed by atoms with Crippen molar-refractivity contribution in [3.63, 3.8) is 0 Å². The van der Waals surface area contributed by atoms with E-state index in [4.69, 9.17) is 0 Å². The number of sulfone groups is 1. The zero-order valence-electron chi connectivity index (χ0n) is 8.80. The minimum absolute atomic E-state index is 0.213. The van der Waals surface area contributed by atoms with Crippen LogP contribution in [0.2, 0.25) is 0 Å². The van der Waals surface area contributed by atoms with Gasteiger partial charge in [-0.3, -0.25) is 0 Å². The van der Waals surface area contributed by atoms with Crippen LogP contribution in [0.1, 0.15) is 11.4 Å². The molecule has 13 heteroatoms. The van der Waals surface area contributed by atoms with E-state index in [1.54, 1.807) is 0 Å². The highest BCUT2D eigenvalue weighted by Gasteiger charge is 2.65. The van der Waals surface area contributed by atoms with Crippen molar-refractivity contribution in [1.29, 1.82) is 0 Å². The van der Waals surface area contributed by atoms with Crippen LogP contribution >= 0.6 is 0 Å². The van der Waals surface area contributed by atoms with Crippen LogP contribution in [0, 0.1) is 0 Å². The minimum atomic E-state index is -7.25. The summed E-state index contributed by atoms with van der Waals surface area (Å²) in [6.07, 6.45) is -5.11. The molecular weight excluding hydrogens is 328 g/mol. The summed E-state index contributed by atoms with van der Waals surface area (Å²) in [6.45, 7) is 0. The van der Waals surface area contributed by atoms with Crippen LogP contribution in [0.15, 0.2) is 12.4 Å². The van der Waals surface area contributed by atoms with Crippen molar-refractivity contribution in [1.82, 2.24) is 9.97 Å². The second-order valence-corrected chi connectivity index (χ2v) is 5.20. The fraction of sp³-hybridized carbons (Fsp3) is 0.429. The van der Waals surface area contributed by atoms with Crippen LogP contribution < -0.4 is 0 Å². The van der Waals surface area contributed by atoms with Gasteiger partial charge in [-0.15, -0.1) is 0 Å². The third kappa shape index (κ3) is 2.53. The topological polar surface area (TPSA) is 59.9 Å². The molecule has 0 N–H and O–H groups in total. The quantitative estimate of drug-likeness (QED) is 0.782. The van der Waals surface area contributed by atoms with E-state index in [2.05, 4.69) is 9.97 Å². The maximum absolute atomic E-state index is 13.3. The lowest BCUT2D eigenvalue weighted by molar-refractivity contribution is -0.144. The number of alkyl halides is 8. The van der Waals surface area contributed by atoms with E-state index in [1.165, 1.54) is 0 Å². The van der Waals surface area contributed by atoms with Gasteiger partial charge in [0.15, 0.2) is 11.4 Å². The second kappa shape index (κ2) is 4.49. The van der Waals surface area contributed by atoms with Crippen molar-refractivity contribution >= 4 is 9.84 Å². The molecule has 1 aromatic rings. The van der Waals surface area contributed by atoms with Crippen molar-refractivity contribution in [3.8, 4) is 0 Å². The van der Waals surface area contributed by atoms with Gasteiger partial charge in [0.05, 0.1) is 0 Å². The molecular formula is C7H2F8N2O2S. The summed E-state index contributed by atoms with van der Waals surface area (Å²) < 4.78 is 121. The van der Waals surface area contributed by atoms with E-state index < -0.39 is 38.2 Å². The zero-order valence-corrected chi connectivity index (χ0v) is 9.61. The van der Waals surface area contributed by atoms with Crippen molar-refractivity contribution in [2.75, 3.05) is 0 Å². The lowest BCUT2D eigenvalue weighted by Crippen LogP contribution is -2.39. The summed E-state index contributed by atoms with van der Waals surface area (Å²) in [4.78, 5) is 4.80. The molecule has 0 aliphatic heterocycles. The van der Waals surface area contributed by atoms with Crippen LogP contribution in [0.25, 0.3) is 0 Å². The van der Waals surface area contributed by atoms with Crippen molar-refractivity contribution in [2.24, 2.45) is 0 Å². The van der Waals surface area contributed by atoms with Gasteiger partial charge in [0.2, 0.25) is 0 Å². The van der Waals surface area contributed by atoms with E-state index in [9.17, 15) is 43.5 Å². The third-order valence-electron chi connectivity index (χ3n) is 1.88. The van der Waals surface area contributed by atoms with Crippen LogP contribution in [-0.2, 0) is 21.3 Å². The fourth-order valence-corrected chi connectivity index (χ4v) is 1.73. The summed E-state index contributed by atoms with van der Waals surface area (Å²) in [5.41, 5.74) is -11.6. The molecule has 1 aromatic heterocycles. The summed E-state index contributed by atoms with van der Waals surface area (Å²) in [5.74, 6) is 0. The van der Waals surface area contributed by atoms with E-state index in [1.807, 2.05) is 0 Å². The summed E-state index contributed by atoms with van der Waals surface area (Å²) in [5, 5.41) is -5.93. The molecule has 0 unspecified atom stereocenters. The maximum Gasteiger partial charge on any atom is 0.503 e. The molecule has 0 spiro atoms. The van der Waals surface area contributed by atoms with Gasteiger partial charge in [-0.05, 0) is 0 Å². The molecule has 0 atom stereocenters. The molecule has 0 saturated heterocycles. The minimum Gasteiger partial charge on any atom is -0.250 e. The average Bonchev–Trinajstić information content (AvgIpc) is 2.26. The molecule has 0 fully saturated rings. The first kappa shape index (κ1) is 16.5. The molecule has 20 heavy (non-hydrogen) atoms. The zero-order chi connectivity index (χ0) is 16.0. The van der Waals surface area contributed by atoms with Crippen molar-refractivity contribution in [3.05, 3.63) is 23.8 Å². The van der Waals surface area contributed by atoms with Crippen molar-refractivity contribution < 1.29 is 43.5 Å². The predicted octanol–water partition coefficient (Wildman–Crippen LogP) is 2.48. The number of halogens is 8. The van der Waals surface area contributed by atoms with Gasteiger partial charge in [0, 0.05) is 12.4 Å². The fourth-order valence-electron chi connectivity index (χ4n) is 1.03. The molecule has 0 aliphatic rings. The van der Waals surface area contributed by atoms with E-state index in [0.717, 1.165) is 0 Å². The maximum atomic E-state index is 13.3. The van der Waals surface area contributed by atoms with Gasteiger partial charge in [0.1, 0.15) is 0 Å². The van der Waals surface area contributed by atoms with Gasteiger partial charge in [-0.2, -0.15) is 35.1 Å². The molecule has 1 rings (SSSR count). The van der Waals surface area contributed by atoms with E-state index in [0.29, 0.717) is 0 Å². The normalized spacial score (nSPS) is 14.4. The number of nitrogens with zero attached hydrogens (tertiary/aromatic N) is 2. The highest BCUT2D eigenvalue weighted by atomic mass is 32.2. The highest BCUT2D eigenvalue weighted by molar-refractivity contribution is 7.92. The molecule has 0 radical (unpaired) electrons.